The van der Waals surface area contributed by atoms with Gasteiger partial charge in [0.2, 0.25) is 17.7 Å². The third-order valence-electron chi connectivity index (χ3n) is 11.4. The fraction of sp³-hybridized carbons (Fsp3) is 0.410. The third-order valence-corrected chi connectivity index (χ3v) is 11.8. The van der Waals surface area contributed by atoms with Crippen LogP contribution in [-0.2, 0) is 14.4 Å². The van der Waals surface area contributed by atoms with Gasteiger partial charge in [0.25, 0.3) is 11.8 Å². The summed E-state index contributed by atoms with van der Waals surface area (Å²) in [5, 5.41) is 3.84. The van der Waals surface area contributed by atoms with Crippen molar-refractivity contribution >= 4 is 63.7 Å². The number of hydrogen-bond acceptors (Lipinski definition) is 10. The number of carbonyl (C=O) groups excluding carboxylic acids is 5. The SMILES string of the molecule is O=C1CCC(N2C(=O)c3ccc(N4CCN(CCCN5CCN(c6cccc(-c7cnc8[nH]cc(C9CC9)c8c7Cl)n6)C(=O)C5)CC4)cc3C2=O)C(=O)N1. The van der Waals surface area contributed by atoms with Crippen molar-refractivity contribution < 1.29 is 24.0 Å². The Morgan fingerprint density at radius 2 is 1.61 bits per heavy atom. The Morgan fingerprint density at radius 3 is 2.39 bits per heavy atom. The molecule has 7 heterocycles. The average molecular weight is 750 g/mol. The lowest BCUT2D eigenvalue weighted by Crippen LogP contribution is -2.54. The molecule has 4 fully saturated rings. The number of hydrogen-bond donors (Lipinski definition) is 2. The molecule has 1 atom stereocenters. The number of halogens is 1. The van der Waals surface area contributed by atoms with Gasteiger partial charge in [0, 0.05) is 74.7 Å². The second-order valence-corrected chi connectivity index (χ2v) is 15.2. The molecule has 1 aromatic carbocycles. The number of nitrogens with one attached hydrogen (secondary N) is 2. The molecule has 5 aliphatic rings. The molecule has 15 heteroatoms. The first kappa shape index (κ1) is 34.6. The number of imide groups is 2. The van der Waals surface area contributed by atoms with E-state index in [-0.39, 0.29) is 24.3 Å². The Balaban J connectivity index is 0.757. The highest BCUT2D eigenvalue weighted by Crippen LogP contribution is 2.46. The Bertz CT molecular complexity index is 2210. The van der Waals surface area contributed by atoms with Crippen LogP contribution in [0.2, 0.25) is 5.02 Å². The molecular weight excluding hydrogens is 710 g/mol. The van der Waals surface area contributed by atoms with Crippen molar-refractivity contribution in [2.75, 3.05) is 68.7 Å². The van der Waals surface area contributed by atoms with E-state index in [0.29, 0.717) is 41.1 Å². The lowest BCUT2D eigenvalue weighted by molar-refractivity contribution is -0.136. The van der Waals surface area contributed by atoms with Crippen molar-refractivity contribution in [1.29, 1.82) is 0 Å². The molecule has 1 unspecified atom stereocenters. The molecule has 14 nitrogen and oxygen atoms in total. The molecule has 54 heavy (non-hydrogen) atoms. The molecule has 4 aromatic rings. The Hall–Kier alpha value is -5.18. The normalized spacial score (nSPS) is 21.4. The molecule has 9 rings (SSSR count). The Morgan fingerprint density at radius 1 is 0.833 bits per heavy atom. The summed E-state index contributed by atoms with van der Waals surface area (Å²) in [7, 11) is 0. The van der Waals surface area contributed by atoms with Crippen LogP contribution >= 0.6 is 11.6 Å². The summed E-state index contributed by atoms with van der Waals surface area (Å²) in [6, 6.07) is 9.99. The van der Waals surface area contributed by atoms with Crippen LogP contribution in [0.25, 0.3) is 22.3 Å². The Kier molecular flexibility index (Phi) is 8.91. The zero-order valence-electron chi connectivity index (χ0n) is 29.7. The summed E-state index contributed by atoms with van der Waals surface area (Å²) < 4.78 is 0. The van der Waals surface area contributed by atoms with Gasteiger partial charge < -0.3 is 9.88 Å². The summed E-state index contributed by atoms with van der Waals surface area (Å²) in [5.41, 5.74) is 4.89. The molecular formula is C39H40ClN9O5. The molecule has 3 saturated heterocycles. The van der Waals surface area contributed by atoms with Gasteiger partial charge in [-0.2, -0.15) is 0 Å². The number of anilines is 2. The number of piperidine rings is 1. The number of aromatic amines is 1. The maximum atomic E-state index is 13.4. The van der Waals surface area contributed by atoms with Crippen LogP contribution in [0.1, 0.15) is 64.3 Å². The van der Waals surface area contributed by atoms with Gasteiger partial charge in [0.1, 0.15) is 17.5 Å². The maximum Gasteiger partial charge on any atom is 0.262 e. The van der Waals surface area contributed by atoms with E-state index in [4.69, 9.17) is 16.6 Å². The zero-order valence-corrected chi connectivity index (χ0v) is 30.5. The van der Waals surface area contributed by atoms with Crippen LogP contribution in [0.5, 0.6) is 0 Å². The van der Waals surface area contributed by atoms with Gasteiger partial charge >= 0.3 is 0 Å². The van der Waals surface area contributed by atoms with Crippen molar-refractivity contribution in [3.05, 3.63) is 70.5 Å². The molecule has 0 bridgehead atoms. The van der Waals surface area contributed by atoms with E-state index in [1.54, 1.807) is 23.2 Å². The van der Waals surface area contributed by atoms with Gasteiger partial charge in [-0.3, -0.25) is 48.9 Å². The topological polar surface area (TPSA) is 155 Å². The summed E-state index contributed by atoms with van der Waals surface area (Å²) in [6.45, 7) is 6.61. The molecule has 0 spiro atoms. The predicted octanol–water partition coefficient (Wildman–Crippen LogP) is 3.42. The van der Waals surface area contributed by atoms with Gasteiger partial charge in [-0.25, -0.2) is 9.97 Å². The monoisotopic (exact) mass is 749 g/mol. The zero-order chi connectivity index (χ0) is 37.1. The van der Waals surface area contributed by atoms with Crippen molar-refractivity contribution in [3.63, 3.8) is 0 Å². The molecule has 278 valence electrons. The van der Waals surface area contributed by atoms with Gasteiger partial charge in [-0.05, 0) is 80.6 Å². The van der Waals surface area contributed by atoms with E-state index in [2.05, 4.69) is 30.0 Å². The molecule has 4 aliphatic heterocycles. The Labute approximate surface area is 316 Å². The standard InChI is InChI=1S/C39H40ClN9O5/c40-35-28(21-42-36-34(35)27(20-41-36)23-5-6-23)29-3-1-4-31(43-29)48-18-15-46(22-33(48)51)12-2-11-45-13-16-47(17-14-45)24-7-8-25-26(19-24)39(54)49(38(25)53)30-9-10-32(50)44-37(30)52/h1,3-4,7-8,19-21,23,30H,2,5-6,9-18,22H2,(H,41,42)(H,44,50,52). The lowest BCUT2D eigenvalue weighted by atomic mass is 10.0. The summed E-state index contributed by atoms with van der Waals surface area (Å²) in [5.74, 6) is -0.833. The summed E-state index contributed by atoms with van der Waals surface area (Å²) in [6.07, 6.45) is 7.25. The van der Waals surface area contributed by atoms with E-state index in [9.17, 15) is 24.0 Å². The molecule has 2 N–H and O–H groups in total. The minimum atomic E-state index is -0.979. The fourth-order valence-corrected chi connectivity index (χ4v) is 8.60. The maximum absolute atomic E-state index is 13.4. The quantitative estimate of drug-likeness (QED) is 0.243. The summed E-state index contributed by atoms with van der Waals surface area (Å²) in [4.78, 5) is 86.1. The smallest absolute Gasteiger partial charge is 0.262 e. The predicted molar refractivity (Wildman–Crippen MR) is 201 cm³/mol. The number of benzene rings is 1. The van der Waals surface area contributed by atoms with E-state index >= 15 is 0 Å². The van der Waals surface area contributed by atoms with Crippen LogP contribution < -0.4 is 15.1 Å². The van der Waals surface area contributed by atoms with Crippen LogP contribution in [-0.4, -0.2) is 124 Å². The number of rotatable bonds is 9. The number of H-pyrrole nitrogens is 1. The average Bonchev–Trinajstić information content (AvgIpc) is 3.88. The highest BCUT2D eigenvalue weighted by molar-refractivity contribution is 6.38. The summed E-state index contributed by atoms with van der Waals surface area (Å²) >= 11 is 6.95. The fourth-order valence-electron chi connectivity index (χ4n) is 8.26. The minimum Gasteiger partial charge on any atom is -0.369 e. The minimum absolute atomic E-state index is 0.0237. The second kappa shape index (κ2) is 13.9. The molecule has 1 saturated carbocycles. The molecule has 0 radical (unpaired) electrons. The highest BCUT2D eigenvalue weighted by Gasteiger charge is 2.45. The number of piperazine rings is 2. The van der Waals surface area contributed by atoms with Crippen LogP contribution in [0, 0.1) is 0 Å². The molecule has 5 amide bonds. The van der Waals surface area contributed by atoms with Crippen LogP contribution in [0.3, 0.4) is 0 Å². The number of nitrogens with zero attached hydrogens (tertiary/aromatic N) is 7. The third kappa shape index (κ3) is 6.31. The van der Waals surface area contributed by atoms with Gasteiger partial charge in [-0.1, -0.05) is 17.7 Å². The highest BCUT2D eigenvalue weighted by atomic mass is 35.5. The van der Waals surface area contributed by atoms with Gasteiger partial charge in [-0.15, -0.1) is 0 Å². The van der Waals surface area contributed by atoms with Crippen molar-refractivity contribution in [2.45, 2.75) is 44.1 Å². The van der Waals surface area contributed by atoms with Crippen molar-refractivity contribution in [2.24, 2.45) is 0 Å². The first-order chi connectivity index (χ1) is 26.2. The van der Waals surface area contributed by atoms with Crippen molar-refractivity contribution in [3.8, 4) is 11.3 Å². The number of amides is 5. The number of fused-ring (bicyclic) bond motifs is 2. The lowest BCUT2D eigenvalue weighted by Gasteiger charge is -2.37. The van der Waals surface area contributed by atoms with E-state index in [0.717, 1.165) is 92.3 Å². The second-order valence-electron chi connectivity index (χ2n) is 14.8. The van der Waals surface area contributed by atoms with E-state index < -0.39 is 29.7 Å². The van der Waals surface area contributed by atoms with Crippen molar-refractivity contribution in [1.82, 2.24) is 35.0 Å². The van der Waals surface area contributed by atoms with E-state index in [1.807, 2.05) is 30.5 Å². The first-order valence-corrected chi connectivity index (χ1v) is 19.1. The molecule has 1 aliphatic carbocycles. The first-order valence-electron chi connectivity index (χ1n) is 18.7. The van der Waals surface area contributed by atoms with Gasteiger partial charge in [0.15, 0.2) is 0 Å². The van der Waals surface area contributed by atoms with Crippen LogP contribution in [0.4, 0.5) is 11.5 Å². The van der Waals surface area contributed by atoms with Gasteiger partial charge in [0.05, 0.1) is 28.4 Å². The molecule has 3 aromatic heterocycles. The number of pyridine rings is 2. The number of carbonyl (C=O) groups is 5. The largest absolute Gasteiger partial charge is 0.369 e. The van der Waals surface area contributed by atoms with E-state index in [1.165, 1.54) is 5.56 Å². The van der Waals surface area contributed by atoms with Crippen LogP contribution in [0.15, 0.2) is 48.8 Å². The number of aromatic nitrogens is 3.